The molecule has 2 rings (SSSR count). The standard InChI is InChI=1S/C15H20FN3S/c1-11(2)17-7-12-6-13(16)4-5-15(12)19(3)8-14-9-20-10-18-14/h4-6,9-11,17H,7-8H2,1-3H3. The molecule has 0 saturated heterocycles. The largest absolute Gasteiger partial charge is 0.368 e. The third kappa shape index (κ3) is 4.02. The van der Waals surface area contributed by atoms with Gasteiger partial charge in [0.05, 0.1) is 17.7 Å². The molecule has 0 unspecified atom stereocenters. The summed E-state index contributed by atoms with van der Waals surface area (Å²) >= 11 is 1.59. The van der Waals surface area contributed by atoms with Gasteiger partial charge in [-0.25, -0.2) is 9.37 Å². The van der Waals surface area contributed by atoms with Gasteiger partial charge in [-0.15, -0.1) is 11.3 Å². The lowest BCUT2D eigenvalue weighted by atomic mass is 10.1. The number of halogens is 1. The average Bonchev–Trinajstić information content (AvgIpc) is 2.89. The second kappa shape index (κ2) is 6.81. The van der Waals surface area contributed by atoms with Crippen LogP contribution < -0.4 is 10.2 Å². The highest BCUT2D eigenvalue weighted by atomic mass is 32.1. The molecule has 0 aliphatic heterocycles. The van der Waals surface area contributed by atoms with Crippen molar-refractivity contribution >= 4 is 17.0 Å². The molecule has 0 aliphatic rings. The summed E-state index contributed by atoms with van der Waals surface area (Å²) in [6.07, 6.45) is 0. The molecule has 20 heavy (non-hydrogen) atoms. The molecule has 0 atom stereocenters. The molecule has 3 nitrogen and oxygen atoms in total. The Labute approximate surface area is 123 Å². The Morgan fingerprint density at radius 1 is 1.40 bits per heavy atom. The molecule has 0 fully saturated rings. The van der Waals surface area contributed by atoms with Gasteiger partial charge in [-0.2, -0.15) is 0 Å². The summed E-state index contributed by atoms with van der Waals surface area (Å²) in [5, 5.41) is 5.37. The lowest BCUT2D eigenvalue weighted by molar-refractivity contribution is 0.580. The fourth-order valence-electron chi connectivity index (χ4n) is 2.03. The Morgan fingerprint density at radius 2 is 2.20 bits per heavy atom. The summed E-state index contributed by atoms with van der Waals surface area (Å²) in [5.41, 5.74) is 4.86. The molecule has 1 aromatic carbocycles. The number of anilines is 1. The van der Waals surface area contributed by atoms with Crippen molar-refractivity contribution in [3.05, 3.63) is 46.2 Å². The van der Waals surface area contributed by atoms with E-state index in [2.05, 4.69) is 29.0 Å². The number of hydrogen-bond donors (Lipinski definition) is 1. The van der Waals surface area contributed by atoms with Gasteiger partial charge in [-0.3, -0.25) is 0 Å². The van der Waals surface area contributed by atoms with Crippen LogP contribution in [0.4, 0.5) is 10.1 Å². The highest BCUT2D eigenvalue weighted by molar-refractivity contribution is 7.07. The molecule has 0 aliphatic carbocycles. The van der Waals surface area contributed by atoms with Crippen LogP contribution in [0, 0.1) is 5.82 Å². The molecule has 0 saturated carbocycles. The molecule has 0 amide bonds. The maximum absolute atomic E-state index is 13.5. The van der Waals surface area contributed by atoms with Crippen molar-refractivity contribution in [2.45, 2.75) is 33.0 Å². The molecular formula is C15H20FN3S. The third-order valence-corrected chi connectivity index (χ3v) is 3.67. The van der Waals surface area contributed by atoms with Crippen LogP contribution in [0.1, 0.15) is 25.1 Å². The van der Waals surface area contributed by atoms with Crippen LogP contribution in [0.3, 0.4) is 0 Å². The van der Waals surface area contributed by atoms with Gasteiger partial charge in [0.1, 0.15) is 5.82 Å². The maximum Gasteiger partial charge on any atom is 0.123 e. The van der Waals surface area contributed by atoms with Crippen LogP contribution in [0.2, 0.25) is 0 Å². The molecule has 0 bridgehead atoms. The van der Waals surface area contributed by atoms with E-state index in [1.165, 1.54) is 6.07 Å². The van der Waals surface area contributed by atoms with Crippen LogP contribution in [0.5, 0.6) is 0 Å². The number of nitrogens with one attached hydrogen (secondary N) is 1. The van der Waals surface area contributed by atoms with Crippen LogP contribution in [0.25, 0.3) is 0 Å². The third-order valence-electron chi connectivity index (χ3n) is 3.04. The second-order valence-corrected chi connectivity index (χ2v) is 5.86. The number of hydrogen-bond acceptors (Lipinski definition) is 4. The number of aromatic nitrogens is 1. The summed E-state index contributed by atoms with van der Waals surface area (Å²) in [6, 6.07) is 5.31. The molecule has 1 heterocycles. The lowest BCUT2D eigenvalue weighted by Crippen LogP contribution is -2.24. The molecular weight excluding hydrogens is 273 g/mol. The van der Waals surface area contributed by atoms with Crippen molar-refractivity contribution in [2.75, 3.05) is 11.9 Å². The summed E-state index contributed by atoms with van der Waals surface area (Å²) in [4.78, 5) is 6.39. The van der Waals surface area contributed by atoms with Gasteiger partial charge in [0.2, 0.25) is 0 Å². The predicted octanol–water partition coefficient (Wildman–Crippen LogP) is 3.42. The zero-order chi connectivity index (χ0) is 14.5. The van der Waals surface area contributed by atoms with Crippen molar-refractivity contribution in [2.24, 2.45) is 0 Å². The molecule has 0 spiro atoms. The van der Waals surface area contributed by atoms with E-state index in [4.69, 9.17) is 0 Å². The van der Waals surface area contributed by atoms with Gasteiger partial charge in [-0.1, -0.05) is 13.8 Å². The number of benzene rings is 1. The van der Waals surface area contributed by atoms with E-state index in [0.717, 1.165) is 23.5 Å². The van der Waals surface area contributed by atoms with Gasteiger partial charge in [0, 0.05) is 30.7 Å². The van der Waals surface area contributed by atoms with Crippen LogP contribution in [-0.4, -0.2) is 18.1 Å². The van der Waals surface area contributed by atoms with Crippen LogP contribution in [-0.2, 0) is 13.1 Å². The fraction of sp³-hybridized carbons (Fsp3) is 0.400. The molecule has 2 aromatic rings. The zero-order valence-electron chi connectivity index (χ0n) is 12.1. The van der Waals surface area contributed by atoms with Crippen LogP contribution >= 0.6 is 11.3 Å². The average molecular weight is 293 g/mol. The number of rotatable bonds is 6. The summed E-state index contributed by atoms with van der Waals surface area (Å²) in [5.74, 6) is -0.198. The van der Waals surface area contributed by atoms with Gasteiger partial charge in [0.25, 0.3) is 0 Å². The Hall–Kier alpha value is -1.46. The normalized spacial score (nSPS) is 11.1. The minimum atomic E-state index is -0.198. The van der Waals surface area contributed by atoms with E-state index in [1.807, 2.05) is 24.0 Å². The molecule has 1 N–H and O–H groups in total. The SMILES string of the molecule is CC(C)NCc1cc(F)ccc1N(C)Cc1cscn1. The Morgan fingerprint density at radius 3 is 2.85 bits per heavy atom. The minimum absolute atomic E-state index is 0.198. The van der Waals surface area contributed by atoms with Gasteiger partial charge >= 0.3 is 0 Å². The minimum Gasteiger partial charge on any atom is -0.368 e. The lowest BCUT2D eigenvalue weighted by Gasteiger charge is -2.22. The highest BCUT2D eigenvalue weighted by Crippen LogP contribution is 2.22. The number of nitrogens with zero attached hydrogens (tertiary/aromatic N) is 2. The van der Waals surface area contributed by atoms with E-state index >= 15 is 0 Å². The first kappa shape index (κ1) is 14.9. The maximum atomic E-state index is 13.5. The summed E-state index contributed by atoms with van der Waals surface area (Å²) in [6.45, 7) is 5.55. The quantitative estimate of drug-likeness (QED) is 0.884. The predicted molar refractivity (Wildman–Crippen MR) is 82.6 cm³/mol. The van der Waals surface area contributed by atoms with Crippen molar-refractivity contribution in [3.8, 4) is 0 Å². The monoisotopic (exact) mass is 293 g/mol. The Bertz CT molecular complexity index is 540. The fourth-order valence-corrected chi connectivity index (χ4v) is 2.58. The summed E-state index contributed by atoms with van der Waals surface area (Å²) in [7, 11) is 2.01. The smallest absolute Gasteiger partial charge is 0.123 e. The van der Waals surface area contributed by atoms with Crippen molar-refractivity contribution in [1.82, 2.24) is 10.3 Å². The first-order chi connectivity index (χ1) is 9.56. The molecule has 5 heteroatoms. The Balaban J connectivity index is 2.16. The second-order valence-electron chi connectivity index (χ2n) is 5.14. The first-order valence-electron chi connectivity index (χ1n) is 6.66. The van der Waals surface area contributed by atoms with Gasteiger partial charge in [-0.05, 0) is 23.8 Å². The van der Waals surface area contributed by atoms with E-state index in [1.54, 1.807) is 17.4 Å². The van der Waals surface area contributed by atoms with E-state index in [9.17, 15) is 4.39 Å². The van der Waals surface area contributed by atoms with Crippen molar-refractivity contribution in [3.63, 3.8) is 0 Å². The molecule has 0 radical (unpaired) electrons. The zero-order valence-corrected chi connectivity index (χ0v) is 12.9. The summed E-state index contributed by atoms with van der Waals surface area (Å²) < 4.78 is 13.5. The van der Waals surface area contributed by atoms with Crippen molar-refractivity contribution in [1.29, 1.82) is 0 Å². The van der Waals surface area contributed by atoms with Crippen LogP contribution in [0.15, 0.2) is 29.1 Å². The van der Waals surface area contributed by atoms with Crippen molar-refractivity contribution < 1.29 is 4.39 Å². The van der Waals surface area contributed by atoms with E-state index < -0.39 is 0 Å². The van der Waals surface area contributed by atoms with E-state index in [-0.39, 0.29) is 5.82 Å². The van der Waals surface area contributed by atoms with Gasteiger partial charge < -0.3 is 10.2 Å². The van der Waals surface area contributed by atoms with Gasteiger partial charge in [0.15, 0.2) is 0 Å². The Kier molecular flexibility index (Phi) is 5.09. The molecule has 1 aromatic heterocycles. The highest BCUT2D eigenvalue weighted by Gasteiger charge is 2.10. The topological polar surface area (TPSA) is 28.2 Å². The van der Waals surface area contributed by atoms with E-state index in [0.29, 0.717) is 12.6 Å². The first-order valence-corrected chi connectivity index (χ1v) is 7.60. The molecule has 108 valence electrons. The number of thiazole rings is 1.